The summed E-state index contributed by atoms with van der Waals surface area (Å²) in [6.45, 7) is 2.55. The SMILES string of the molecule is CC(c1ccccc1)N1CCC(=O)NC2(CCCC2)C1=O. The highest BCUT2D eigenvalue weighted by molar-refractivity contribution is 5.94. The fourth-order valence-electron chi connectivity index (χ4n) is 3.58. The molecule has 0 radical (unpaired) electrons. The number of nitrogens with one attached hydrogen (secondary N) is 1. The molecule has 3 rings (SSSR count). The summed E-state index contributed by atoms with van der Waals surface area (Å²) in [7, 11) is 0. The normalized spacial score (nSPS) is 23.0. The second kappa shape index (κ2) is 5.51. The molecule has 2 fully saturated rings. The van der Waals surface area contributed by atoms with E-state index >= 15 is 0 Å². The van der Waals surface area contributed by atoms with Gasteiger partial charge in [0.15, 0.2) is 0 Å². The van der Waals surface area contributed by atoms with Crippen LogP contribution in [0.4, 0.5) is 0 Å². The summed E-state index contributed by atoms with van der Waals surface area (Å²) in [5.41, 5.74) is 0.477. The van der Waals surface area contributed by atoms with E-state index in [1.807, 2.05) is 42.2 Å². The van der Waals surface area contributed by atoms with Crippen LogP contribution in [0.15, 0.2) is 30.3 Å². The van der Waals surface area contributed by atoms with Crippen LogP contribution in [0, 0.1) is 0 Å². The molecule has 2 amide bonds. The zero-order chi connectivity index (χ0) is 14.9. The summed E-state index contributed by atoms with van der Waals surface area (Å²) < 4.78 is 0. The molecule has 112 valence electrons. The third-order valence-electron chi connectivity index (χ3n) is 4.84. The van der Waals surface area contributed by atoms with Crippen molar-refractivity contribution >= 4 is 11.8 Å². The number of carbonyl (C=O) groups is 2. The van der Waals surface area contributed by atoms with E-state index in [1.165, 1.54) is 0 Å². The van der Waals surface area contributed by atoms with Crippen molar-refractivity contribution in [1.82, 2.24) is 10.2 Å². The molecule has 2 aliphatic rings. The molecule has 4 nitrogen and oxygen atoms in total. The van der Waals surface area contributed by atoms with E-state index in [-0.39, 0.29) is 17.9 Å². The van der Waals surface area contributed by atoms with Gasteiger partial charge in [0.05, 0.1) is 6.04 Å². The predicted octanol–water partition coefficient (Wildman–Crippen LogP) is 2.41. The van der Waals surface area contributed by atoms with E-state index in [2.05, 4.69) is 5.32 Å². The Morgan fingerprint density at radius 1 is 1.14 bits per heavy atom. The van der Waals surface area contributed by atoms with Gasteiger partial charge >= 0.3 is 0 Å². The highest BCUT2D eigenvalue weighted by Gasteiger charge is 2.47. The smallest absolute Gasteiger partial charge is 0.248 e. The van der Waals surface area contributed by atoms with Crippen molar-refractivity contribution in [2.45, 2.75) is 50.6 Å². The van der Waals surface area contributed by atoms with Gasteiger partial charge in [-0.2, -0.15) is 0 Å². The van der Waals surface area contributed by atoms with Crippen molar-refractivity contribution in [2.24, 2.45) is 0 Å². The first-order valence-corrected chi connectivity index (χ1v) is 7.79. The van der Waals surface area contributed by atoms with Crippen LogP contribution in [0.5, 0.6) is 0 Å². The molecule has 1 saturated carbocycles. The minimum absolute atomic E-state index is 0.00359. The van der Waals surface area contributed by atoms with E-state index in [9.17, 15) is 9.59 Å². The molecular weight excluding hydrogens is 264 g/mol. The highest BCUT2D eigenvalue weighted by atomic mass is 16.2. The topological polar surface area (TPSA) is 49.4 Å². The quantitative estimate of drug-likeness (QED) is 0.907. The van der Waals surface area contributed by atoms with E-state index in [1.54, 1.807) is 0 Å². The van der Waals surface area contributed by atoms with Gasteiger partial charge in [-0.25, -0.2) is 0 Å². The van der Waals surface area contributed by atoms with E-state index in [0.29, 0.717) is 13.0 Å². The molecule has 1 atom stereocenters. The second-order valence-corrected chi connectivity index (χ2v) is 6.17. The first kappa shape index (κ1) is 14.1. The van der Waals surface area contributed by atoms with Crippen molar-refractivity contribution in [3.05, 3.63) is 35.9 Å². The molecule has 4 heteroatoms. The minimum atomic E-state index is -0.642. The number of amides is 2. The molecule has 0 aromatic heterocycles. The first-order valence-electron chi connectivity index (χ1n) is 7.79. The van der Waals surface area contributed by atoms with Crippen LogP contribution in [-0.4, -0.2) is 28.8 Å². The number of nitrogens with zero attached hydrogens (tertiary/aromatic N) is 1. The monoisotopic (exact) mass is 286 g/mol. The average Bonchev–Trinajstić information content (AvgIpc) is 2.92. The number of hydrogen-bond acceptors (Lipinski definition) is 2. The average molecular weight is 286 g/mol. The Morgan fingerprint density at radius 3 is 2.48 bits per heavy atom. The molecule has 1 spiro atoms. The van der Waals surface area contributed by atoms with Gasteiger partial charge in [-0.05, 0) is 25.3 Å². The lowest BCUT2D eigenvalue weighted by Crippen LogP contribution is -2.55. The van der Waals surface area contributed by atoms with Crippen LogP contribution in [0.1, 0.15) is 50.6 Å². The number of rotatable bonds is 2. The summed E-state index contributed by atoms with van der Waals surface area (Å²) in [4.78, 5) is 26.9. The molecule has 0 bridgehead atoms. The molecule has 1 N–H and O–H groups in total. The standard InChI is InChI=1S/C17H22N2O2/c1-13(14-7-3-2-4-8-14)19-12-9-15(20)18-17(16(19)21)10-5-6-11-17/h2-4,7-8,13H,5-6,9-12H2,1H3,(H,18,20). The minimum Gasteiger partial charge on any atom is -0.342 e. The number of carbonyl (C=O) groups excluding carboxylic acids is 2. The van der Waals surface area contributed by atoms with Gasteiger partial charge in [-0.15, -0.1) is 0 Å². The van der Waals surface area contributed by atoms with Gasteiger partial charge in [-0.3, -0.25) is 9.59 Å². The van der Waals surface area contributed by atoms with Crippen LogP contribution in [0.2, 0.25) is 0 Å². The number of benzene rings is 1. The maximum Gasteiger partial charge on any atom is 0.248 e. The molecular formula is C17H22N2O2. The van der Waals surface area contributed by atoms with Gasteiger partial charge in [0.1, 0.15) is 5.54 Å². The molecule has 1 heterocycles. The largest absolute Gasteiger partial charge is 0.342 e. The molecule has 1 aromatic carbocycles. The van der Waals surface area contributed by atoms with Gasteiger partial charge in [0.25, 0.3) is 0 Å². The molecule has 1 unspecified atom stereocenters. The lowest BCUT2D eigenvalue weighted by atomic mass is 9.94. The lowest BCUT2D eigenvalue weighted by Gasteiger charge is -2.35. The zero-order valence-electron chi connectivity index (χ0n) is 12.5. The van der Waals surface area contributed by atoms with Crippen molar-refractivity contribution in [1.29, 1.82) is 0 Å². The fraction of sp³-hybridized carbons (Fsp3) is 0.529. The molecule has 1 aromatic rings. The van der Waals surface area contributed by atoms with Gasteiger partial charge < -0.3 is 10.2 Å². The zero-order valence-corrected chi connectivity index (χ0v) is 12.5. The highest BCUT2D eigenvalue weighted by Crippen LogP contribution is 2.35. The molecule has 1 aliphatic carbocycles. The van der Waals surface area contributed by atoms with Crippen LogP contribution in [0.25, 0.3) is 0 Å². The summed E-state index contributed by atoms with van der Waals surface area (Å²) in [5, 5.41) is 3.01. The lowest BCUT2D eigenvalue weighted by molar-refractivity contribution is -0.140. The van der Waals surface area contributed by atoms with Crippen LogP contribution < -0.4 is 5.32 Å². The Hall–Kier alpha value is -1.84. The van der Waals surface area contributed by atoms with Gasteiger partial charge in [0, 0.05) is 13.0 Å². The van der Waals surface area contributed by atoms with E-state index in [0.717, 1.165) is 31.2 Å². The van der Waals surface area contributed by atoms with Crippen molar-refractivity contribution in [3.8, 4) is 0 Å². The predicted molar refractivity (Wildman–Crippen MR) is 80.5 cm³/mol. The maximum atomic E-state index is 13.0. The van der Waals surface area contributed by atoms with E-state index in [4.69, 9.17) is 0 Å². The summed E-state index contributed by atoms with van der Waals surface area (Å²) >= 11 is 0. The Morgan fingerprint density at radius 2 is 1.81 bits per heavy atom. The summed E-state index contributed by atoms with van der Waals surface area (Å²) in [5.74, 6) is 0.107. The van der Waals surface area contributed by atoms with Gasteiger partial charge in [0.2, 0.25) is 11.8 Å². The van der Waals surface area contributed by atoms with Crippen LogP contribution >= 0.6 is 0 Å². The Kier molecular flexibility index (Phi) is 3.70. The third kappa shape index (κ3) is 2.55. The van der Waals surface area contributed by atoms with Crippen LogP contribution in [0.3, 0.4) is 0 Å². The molecule has 1 saturated heterocycles. The first-order chi connectivity index (χ1) is 10.1. The number of hydrogen-bond donors (Lipinski definition) is 1. The van der Waals surface area contributed by atoms with E-state index < -0.39 is 5.54 Å². The van der Waals surface area contributed by atoms with Crippen molar-refractivity contribution < 1.29 is 9.59 Å². The Balaban J connectivity index is 1.90. The summed E-state index contributed by atoms with van der Waals surface area (Å²) in [6, 6.07) is 10.0. The van der Waals surface area contributed by atoms with Crippen LogP contribution in [-0.2, 0) is 9.59 Å². The fourth-order valence-corrected chi connectivity index (χ4v) is 3.58. The summed E-state index contributed by atoms with van der Waals surface area (Å²) in [6.07, 6.45) is 3.97. The molecule has 21 heavy (non-hydrogen) atoms. The maximum absolute atomic E-state index is 13.0. The Labute approximate surface area is 125 Å². The third-order valence-corrected chi connectivity index (χ3v) is 4.84. The second-order valence-electron chi connectivity index (χ2n) is 6.17. The van der Waals surface area contributed by atoms with Crippen molar-refractivity contribution in [2.75, 3.05) is 6.54 Å². The van der Waals surface area contributed by atoms with Gasteiger partial charge in [-0.1, -0.05) is 43.2 Å². The van der Waals surface area contributed by atoms with Crippen molar-refractivity contribution in [3.63, 3.8) is 0 Å². The Bertz CT molecular complexity index is 535. The molecule has 1 aliphatic heterocycles.